The van der Waals surface area contributed by atoms with Gasteiger partial charge in [-0.15, -0.1) is 0 Å². The summed E-state index contributed by atoms with van der Waals surface area (Å²) in [5, 5.41) is 9.78. The van der Waals surface area contributed by atoms with Crippen molar-refractivity contribution >= 4 is 17.6 Å². The van der Waals surface area contributed by atoms with Crippen molar-refractivity contribution in [2.45, 2.75) is 26.4 Å². The molecule has 1 N–H and O–H groups in total. The monoisotopic (exact) mass is 285 g/mol. The Morgan fingerprint density at radius 1 is 1.32 bits per heavy atom. The van der Waals surface area contributed by atoms with E-state index in [0.29, 0.717) is 23.7 Å². The summed E-state index contributed by atoms with van der Waals surface area (Å²) in [5.74, 6) is -0.418. The van der Waals surface area contributed by atoms with Crippen molar-refractivity contribution in [2.24, 2.45) is 0 Å². The maximum Gasteiger partial charge on any atom is 0.344 e. The fraction of sp³-hybridized carbons (Fsp3) is 0.500. The molecule has 0 fully saturated rings. The number of hydrogen-bond donors (Lipinski definition) is 1. The number of ether oxygens (including phenoxy) is 1. The van der Waals surface area contributed by atoms with Crippen LogP contribution in [0.15, 0.2) is 24.3 Å². The van der Waals surface area contributed by atoms with Crippen LogP contribution >= 0.6 is 11.6 Å². The molecule has 1 unspecified atom stereocenters. The van der Waals surface area contributed by atoms with Gasteiger partial charge in [-0.1, -0.05) is 25.4 Å². The Morgan fingerprint density at radius 2 is 1.89 bits per heavy atom. The highest BCUT2D eigenvalue weighted by molar-refractivity contribution is 6.30. The number of carboxylic acids is 1. The van der Waals surface area contributed by atoms with E-state index in [-0.39, 0.29) is 0 Å². The minimum absolute atomic E-state index is 0.458. The summed E-state index contributed by atoms with van der Waals surface area (Å²) in [6, 6.07) is 6.71. The van der Waals surface area contributed by atoms with Gasteiger partial charge in [0, 0.05) is 18.0 Å². The zero-order valence-corrected chi connectivity index (χ0v) is 12.1. The van der Waals surface area contributed by atoms with Crippen molar-refractivity contribution < 1.29 is 14.6 Å². The van der Waals surface area contributed by atoms with Crippen molar-refractivity contribution in [2.75, 3.05) is 19.6 Å². The summed E-state index contributed by atoms with van der Waals surface area (Å²) >= 11 is 5.77. The zero-order chi connectivity index (χ0) is 14.3. The molecule has 0 aliphatic heterocycles. The van der Waals surface area contributed by atoms with Gasteiger partial charge in [-0.3, -0.25) is 0 Å². The normalized spacial score (nSPS) is 12.4. The molecule has 4 nitrogen and oxygen atoms in total. The number of carboxylic acid groups (broad SMARTS) is 1. The molecule has 0 aromatic heterocycles. The van der Waals surface area contributed by atoms with Crippen LogP contribution in [0.1, 0.15) is 20.3 Å². The molecule has 0 heterocycles. The maximum absolute atomic E-state index is 11.2. The standard InChI is InChI=1S/C14H20ClNO3/c1-3-16(4-2)10-9-13(14(17)18)19-12-7-5-11(15)6-8-12/h5-8,13H,3-4,9-10H2,1-2H3,(H,17,18). The van der Waals surface area contributed by atoms with Crippen molar-refractivity contribution in [3.63, 3.8) is 0 Å². The molecule has 19 heavy (non-hydrogen) atoms. The summed E-state index contributed by atoms with van der Waals surface area (Å²) in [6.07, 6.45) is -0.374. The SMILES string of the molecule is CCN(CC)CCC(Oc1ccc(Cl)cc1)C(=O)O. The Morgan fingerprint density at radius 3 is 2.37 bits per heavy atom. The van der Waals surface area contributed by atoms with Gasteiger partial charge in [0.25, 0.3) is 0 Å². The van der Waals surface area contributed by atoms with E-state index in [1.54, 1.807) is 24.3 Å². The Kier molecular flexibility index (Phi) is 6.67. The number of rotatable bonds is 8. The first kappa shape index (κ1) is 15.8. The van der Waals surface area contributed by atoms with Crippen LogP contribution in [0.25, 0.3) is 0 Å². The molecular formula is C14H20ClNO3. The van der Waals surface area contributed by atoms with Crippen molar-refractivity contribution in [3.05, 3.63) is 29.3 Å². The van der Waals surface area contributed by atoms with Crippen LogP contribution in [0.2, 0.25) is 5.02 Å². The highest BCUT2D eigenvalue weighted by Gasteiger charge is 2.20. The Balaban J connectivity index is 2.58. The van der Waals surface area contributed by atoms with Crippen molar-refractivity contribution in [1.82, 2.24) is 4.90 Å². The van der Waals surface area contributed by atoms with E-state index < -0.39 is 12.1 Å². The van der Waals surface area contributed by atoms with Gasteiger partial charge in [-0.05, 0) is 37.4 Å². The van der Waals surface area contributed by atoms with E-state index in [0.717, 1.165) is 13.1 Å². The molecule has 0 aliphatic rings. The number of aliphatic carboxylic acids is 1. The van der Waals surface area contributed by atoms with E-state index in [2.05, 4.69) is 18.7 Å². The molecule has 1 rings (SSSR count). The molecule has 0 spiro atoms. The van der Waals surface area contributed by atoms with Gasteiger partial charge in [-0.2, -0.15) is 0 Å². The number of benzene rings is 1. The Bertz CT molecular complexity index is 390. The van der Waals surface area contributed by atoms with Crippen molar-refractivity contribution in [3.8, 4) is 5.75 Å². The zero-order valence-electron chi connectivity index (χ0n) is 11.3. The molecule has 0 saturated carbocycles. The highest BCUT2D eigenvalue weighted by Crippen LogP contribution is 2.18. The fourth-order valence-corrected chi connectivity index (χ4v) is 1.88. The number of nitrogens with zero attached hydrogens (tertiary/aromatic N) is 1. The first-order valence-electron chi connectivity index (χ1n) is 6.44. The predicted octanol–water partition coefficient (Wildman–Crippen LogP) is 2.90. The first-order chi connectivity index (χ1) is 9.06. The lowest BCUT2D eigenvalue weighted by molar-refractivity contribution is -0.145. The number of hydrogen-bond acceptors (Lipinski definition) is 3. The summed E-state index contributed by atoms with van der Waals surface area (Å²) in [6.45, 7) is 6.63. The topological polar surface area (TPSA) is 49.8 Å². The molecule has 1 aromatic carbocycles. The third-order valence-electron chi connectivity index (χ3n) is 2.97. The average molecular weight is 286 g/mol. The molecule has 0 aliphatic carbocycles. The van der Waals surface area contributed by atoms with Gasteiger partial charge < -0.3 is 14.7 Å². The third-order valence-corrected chi connectivity index (χ3v) is 3.22. The lowest BCUT2D eigenvalue weighted by Crippen LogP contribution is -2.33. The molecule has 0 bridgehead atoms. The van der Waals surface area contributed by atoms with Crippen molar-refractivity contribution in [1.29, 1.82) is 0 Å². The molecular weight excluding hydrogens is 266 g/mol. The summed E-state index contributed by atoms with van der Waals surface area (Å²) in [5.41, 5.74) is 0. The van der Waals surface area contributed by atoms with Gasteiger partial charge >= 0.3 is 5.97 Å². The highest BCUT2D eigenvalue weighted by atomic mass is 35.5. The van der Waals surface area contributed by atoms with Crippen LogP contribution in [-0.2, 0) is 4.79 Å². The van der Waals surface area contributed by atoms with Crippen LogP contribution in [0.5, 0.6) is 5.75 Å². The van der Waals surface area contributed by atoms with E-state index in [9.17, 15) is 9.90 Å². The van der Waals surface area contributed by atoms with E-state index >= 15 is 0 Å². The summed E-state index contributed by atoms with van der Waals surface area (Å²) in [4.78, 5) is 13.4. The summed E-state index contributed by atoms with van der Waals surface area (Å²) in [7, 11) is 0. The first-order valence-corrected chi connectivity index (χ1v) is 6.82. The average Bonchev–Trinajstić information content (AvgIpc) is 2.40. The largest absolute Gasteiger partial charge is 0.479 e. The van der Waals surface area contributed by atoms with Crippen LogP contribution in [0.3, 0.4) is 0 Å². The van der Waals surface area contributed by atoms with Crippen LogP contribution < -0.4 is 4.74 Å². The Hall–Kier alpha value is -1.26. The molecule has 0 saturated heterocycles. The van der Waals surface area contributed by atoms with Gasteiger partial charge in [0.05, 0.1) is 0 Å². The molecule has 0 amide bonds. The molecule has 0 radical (unpaired) electrons. The lowest BCUT2D eigenvalue weighted by atomic mass is 10.2. The van der Waals surface area contributed by atoms with Crippen LogP contribution in [0.4, 0.5) is 0 Å². The van der Waals surface area contributed by atoms with E-state index in [1.807, 2.05) is 0 Å². The third kappa shape index (κ3) is 5.49. The van der Waals surface area contributed by atoms with Gasteiger partial charge in [-0.25, -0.2) is 4.79 Å². The van der Waals surface area contributed by atoms with E-state index in [4.69, 9.17) is 16.3 Å². The van der Waals surface area contributed by atoms with Crippen LogP contribution in [-0.4, -0.2) is 41.7 Å². The Labute approximate surface area is 118 Å². The van der Waals surface area contributed by atoms with Gasteiger partial charge in [0.15, 0.2) is 6.10 Å². The number of halogens is 1. The predicted molar refractivity (Wildman–Crippen MR) is 75.9 cm³/mol. The quantitative estimate of drug-likeness (QED) is 0.798. The van der Waals surface area contributed by atoms with E-state index in [1.165, 1.54) is 0 Å². The minimum atomic E-state index is -0.942. The summed E-state index contributed by atoms with van der Waals surface area (Å²) < 4.78 is 5.49. The lowest BCUT2D eigenvalue weighted by Gasteiger charge is -2.21. The number of carbonyl (C=O) groups is 1. The molecule has 1 atom stereocenters. The van der Waals surface area contributed by atoms with Gasteiger partial charge in [0.2, 0.25) is 0 Å². The smallest absolute Gasteiger partial charge is 0.344 e. The second kappa shape index (κ2) is 8.02. The maximum atomic E-state index is 11.2. The second-order valence-corrected chi connectivity index (χ2v) is 4.65. The van der Waals surface area contributed by atoms with Gasteiger partial charge in [0.1, 0.15) is 5.75 Å². The molecule has 1 aromatic rings. The minimum Gasteiger partial charge on any atom is -0.479 e. The van der Waals surface area contributed by atoms with Crippen LogP contribution in [0, 0.1) is 0 Å². The second-order valence-electron chi connectivity index (χ2n) is 4.21. The fourth-order valence-electron chi connectivity index (χ4n) is 1.75. The molecule has 106 valence electrons. The molecule has 5 heteroatoms.